The van der Waals surface area contributed by atoms with Gasteiger partial charge in [-0.25, -0.2) is 0 Å². The van der Waals surface area contributed by atoms with Crippen LogP contribution in [-0.4, -0.2) is 30.9 Å². The molecule has 5 aliphatic rings. The normalized spacial score (nSPS) is 51.9. The quantitative estimate of drug-likeness (QED) is 0.365. The summed E-state index contributed by atoms with van der Waals surface area (Å²) in [6.07, 6.45) is 9.50. The number of fused-ring (bicyclic) bond motifs is 7. The van der Waals surface area contributed by atoms with E-state index in [1.807, 2.05) is 6.92 Å². The van der Waals surface area contributed by atoms with E-state index < -0.39 is 11.5 Å². The highest BCUT2D eigenvalue weighted by Crippen LogP contribution is 2.75. The number of rotatable bonds is 2. The minimum atomic E-state index is -0.974. The molecule has 0 amide bonds. The maximum absolute atomic E-state index is 14.5. The Morgan fingerprint density at radius 1 is 0.921 bits per heavy atom. The SMILES string of the molecule is COC(=O)[C@]1(C)C2CC[C@]3(C)C(C(=O)C=C4[C@@H]5[C@@H](C)[C@H](C)CC[C@]5(C)CC[C@]43C)[C@@]2(C)CC[C@H]1OC(C)=O. The first-order valence-corrected chi connectivity index (χ1v) is 15.1. The highest BCUT2D eigenvalue weighted by molar-refractivity contribution is 5.96. The van der Waals surface area contributed by atoms with Gasteiger partial charge in [0.15, 0.2) is 5.78 Å². The van der Waals surface area contributed by atoms with Gasteiger partial charge >= 0.3 is 11.9 Å². The van der Waals surface area contributed by atoms with Gasteiger partial charge in [0.1, 0.15) is 11.5 Å². The smallest absolute Gasteiger partial charge is 0.315 e. The number of esters is 2. The zero-order valence-electron chi connectivity index (χ0n) is 25.2. The van der Waals surface area contributed by atoms with E-state index in [2.05, 4.69) is 47.6 Å². The van der Waals surface area contributed by atoms with Gasteiger partial charge in [0.25, 0.3) is 0 Å². The zero-order chi connectivity index (χ0) is 28.1. The van der Waals surface area contributed by atoms with E-state index in [-0.39, 0.29) is 51.2 Å². The van der Waals surface area contributed by atoms with Crippen LogP contribution >= 0.6 is 0 Å². The molecule has 2 unspecified atom stereocenters. The summed E-state index contributed by atoms with van der Waals surface area (Å²) >= 11 is 0. The van der Waals surface area contributed by atoms with E-state index in [9.17, 15) is 14.4 Å². The predicted molar refractivity (Wildman–Crippen MR) is 147 cm³/mol. The van der Waals surface area contributed by atoms with Gasteiger partial charge in [0.2, 0.25) is 0 Å². The number of allylic oxidation sites excluding steroid dienone is 2. The molecule has 11 atom stereocenters. The van der Waals surface area contributed by atoms with Gasteiger partial charge in [-0.2, -0.15) is 0 Å². The van der Waals surface area contributed by atoms with Crippen molar-refractivity contribution in [3.8, 4) is 0 Å². The average Bonchev–Trinajstić information content (AvgIpc) is 2.84. The number of carbonyl (C=O) groups is 3. The van der Waals surface area contributed by atoms with Crippen LogP contribution < -0.4 is 0 Å². The van der Waals surface area contributed by atoms with Gasteiger partial charge < -0.3 is 9.47 Å². The molecule has 38 heavy (non-hydrogen) atoms. The number of carbonyl (C=O) groups excluding carboxylic acids is 3. The van der Waals surface area contributed by atoms with E-state index in [1.165, 1.54) is 38.9 Å². The third-order valence-electron chi connectivity index (χ3n) is 13.7. The van der Waals surface area contributed by atoms with Crippen LogP contribution in [0.2, 0.25) is 0 Å². The fraction of sp³-hybridized carbons (Fsp3) is 0.848. The summed E-state index contributed by atoms with van der Waals surface area (Å²) in [5.41, 5.74) is 0.142. The Morgan fingerprint density at radius 2 is 1.61 bits per heavy atom. The van der Waals surface area contributed by atoms with Crippen LogP contribution in [0.3, 0.4) is 0 Å². The molecule has 5 rings (SSSR count). The first kappa shape index (κ1) is 27.9. The first-order chi connectivity index (χ1) is 17.6. The highest BCUT2D eigenvalue weighted by Gasteiger charge is 2.72. The van der Waals surface area contributed by atoms with Crippen LogP contribution in [0, 0.1) is 56.7 Å². The Balaban J connectivity index is 1.62. The van der Waals surface area contributed by atoms with Gasteiger partial charge in [-0.1, -0.05) is 47.1 Å². The van der Waals surface area contributed by atoms with E-state index in [0.717, 1.165) is 25.7 Å². The molecule has 4 saturated carbocycles. The Morgan fingerprint density at radius 3 is 2.24 bits per heavy atom. The number of methoxy groups -OCH3 is 1. The van der Waals surface area contributed by atoms with Crippen LogP contribution in [0.1, 0.15) is 107 Å². The molecule has 0 aromatic rings. The van der Waals surface area contributed by atoms with Gasteiger partial charge in [-0.15, -0.1) is 0 Å². The van der Waals surface area contributed by atoms with Crippen LogP contribution in [0.4, 0.5) is 0 Å². The Kier molecular flexibility index (Phi) is 6.37. The van der Waals surface area contributed by atoms with Crippen LogP contribution in [0.5, 0.6) is 0 Å². The van der Waals surface area contributed by atoms with Crippen LogP contribution in [-0.2, 0) is 23.9 Å². The summed E-state index contributed by atoms with van der Waals surface area (Å²) < 4.78 is 11.1. The third kappa shape index (κ3) is 3.38. The topological polar surface area (TPSA) is 69.7 Å². The lowest BCUT2D eigenvalue weighted by Crippen LogP contribution is -2.68. The molecule has 0 heterocycles. The lowest BCUT2D eigenvalue weighted by Gasteiger charge is -2.70. The molecule has 212 valence electrons. The summed E-state index contributed by atoms with van der Waals surface area (Å²) in [7, 11) is 1.42. The van der Waals surface area contributed by atoms with Crippen molar-refractivity contribution in [2.24, 2.45) is 56.7 Å². The average molecular weight is 527 g/mol. The molecule has 5 heteroatoms. The predicted octanol–water partition coefficient (Wildman–Crippen LogP) is 6.93. The number of ether oxygens (including phenoxy) is 2. The van der Waals surface area contributed by atoms with E-state index in [1.54, 1.807) is 0 Å². The van der Waals surface area contributed by atoms with Crippen molar-refractivity contribution in [3.05, 3.63) is 11.6 Å². The largest absolute Gasteiger partial charge is 0.468 e. The van der Waals surface area contributed by atoms with E-state index >= 15 is 0 Å². The van der Waals surface area contributed by atoms with Crippen molar-refractivity contribution >= 4 is 17.7 Å². The molecule has 5 nitrogen and oxygen atoms in total. The van der Waals surface area contributed by atoms with Crippen molar-refractivity contribution in [1.29, 1.82) is 0 Å². The summed E-state index contributed by atoms with van der Waals surface area (Å²) in [6, 6.07) is 0. The van der Waals surface area contributed by atoms with Crippen molar-refractivity contribution in [1.82, 2.24) is 0 Å². The second-order valence-electron chi connectivity index (χ2n) is 15.2. The van der Waals surface area contributed by atoms with Crippen LogP contribution in [0.25, 0.3) is 0 Å². The monoisotopic (exact) mass is 526 g/mol. The Labute approximate surface area is 229 Å². The number of hydrogen-bond acceptors (Lipinski definition) is 5. The maximum atomic E-state index is 14.5. The summed E-state index contributed by atoms with van der Waals surface area (Å²) in [4.78, 5) is 40.0. The second kappa shape index (κ2) is 8.67. The van der Waals surface area contributed by atoms with Gasteiger partial charge in [-0.05, 0) is 110 Å². The molecular formula is C33H50O5. The summed E-state index contributed by atoms with van der Waals surface area (Å²) in [5.74, 6) is 1.01. The minimum absolute atomic E-state index is 0.0382. The Hall–Kier alpha value is -1.65. The number of hydrogen-bond donors (Lipinski definition) is 0. The second-order valence-corrected chi connectivity index (χ2v) is 15.2. The molecule has 0 saturated heterocycles. The summed E-state index contributed by atoms with van der Waals surface area (Å²) in [5, 5.41) is 0. The van der Waals surface area contributed by atoms with Crippen LogP contribution in [0.15, 0.2) is 11.6 Å². The molecular weight excluding hydrogens is 476 g/mol. The van der Waals surface area contributed by atoms with E-state index in [4.69, 9.17) is 9.47 Å². The lowest BCUT2D eigenvalue weighted by molar-refractivity contribution is -0.222. The fourth-order valence-electron chi connectivity index (χ4n) is 11.2. The molecule has 0 bridgehead atoms. The standard InChI is InChI=1S/C33H50O5/c1-19-10-13-29(4)16-17-31(6)22(26(29)20(19)2)18-23(35)27-30(5)14-12-25(38-21(3)34)33(8,28(36)37-9)24(30)11-15-32(27,31)7/h18-20,24-27H,10-17H2,1-9H3/t19-,20+,24?,25-,26+,27?,29-,30+,31-,32-,33-/m1/s1. The van der Waals surface area contributed by atoms with E-state index in [0.29, 0.717) is 24.2 Å². The molecule has 0 aromatic heterocycles. The van der Waals surface area contributed by atoms with Gasteiger partial charge in [0.05, 0.1) is 7.11 Å². The highest BCUT2D eigenvalue weighted by atomic mass is 16.6. The van der Waals surface area contributed by atoms with Gasteiger partial charge in [-0.3, -0.25) is 14.4 Å². The first-order valence-electron chi connectivity index (χ1n) is 15.1. The summed E-state index contributed by atoms with van der Waals surface area (Å²) in [6.45, 7) is 17.8. The molecule has 4 fully saturated rings. The van der Waals surface area contributed by atoms with Gasteiger partial charge in [0, 0.05) is 12.8 Å². The minimum Gasteiger partial charge on any atom is -0.468 e. The van der Waals surface area contributed by atoms with Crippen molar-refractivity contribution in [3.63, 3.8) is 0 Å². The van der Waals surface area contributed by atoms with Crippen molar-refractivity contribution < 1.29 is 23.9 Å². The fourth-order valence-corrected chi connectivity index (χ4v) is 11.2. The molecule has 0 N–H and O–H groups in total. The maximum Gasteiger partial charge on any atom is 0.315 e. The Bertz CT molecular complexity index is 1080. The zero-order valence-corrected chi connectivity index (χ0v) is 25.2. The molecule has 0 aromatic carbocycles. The molecule has 5 aliphatic carbocycles. The molecule has 0 aliphatic heterocycles. The van der Waals surface area contributed by atoms with Crippen molar-refractivity contribution in [2.45, 2.75) is 113 Å². The number of ketones is 1. The third-order valence-corrected chi connectivity index (χ3v) is 13.7. The van der Waals surface area contributed by atoms with Crippen molar-refractivity contribution in [2.75, 3.05) is 7.11 Å². The lowest BCUT2D eigenvalue weighted by atomic mass is 9.33. The molecule has 0 radical (unpaired) electrons. The molecule has 0 spiro atoms.